The number of nitrogens with zero attached hydrogens (tertiary/aromatic N) is 1. The van der Waals surface area contributed by atoms with Gasteiger partial charge in [0.1, 0.15) is 0 Å². The molecule has 0 aromatic rings. The van der Waals surface area contributed by atoms with Gasteiger partial charge in [-0.05, 0) is 46.3 Å². The van der Waals surface area contributed by atoms with E-state index in [-0.39, 0.29) is 0 Å². The van der Waals surface area contributed by atoms with Crippen LogP contribution in [0.2, 0.25) is 0 Å². The summed E-state index contributed by atoms with van der Waals surface area (Å²) in [6, 6.07) is 0.626. The zero-order chi connectivity index (χ0) is 11.8. The van der Waals surface area contributed by atoms with Gasteiger partial charge in [0.2, 0.25) is 0 Å². The lowest BCUT2D eigenvalue weighted by Crippen LogP contribution is -2.36. The van der Waals surface area contributed by atoms with E-state index in [4.69, 9.17) is 0 Å². The summed E-state index contributed by atoms with van der Waals surface area (Å²) in [6.45, 7) is 4.62. The van der Waals surface area contributed by atoms with Crippen LogP contribution in [0.3, 0.4) is 0 Å². The smallest absolute Gasteiger partial charge is 0.0166 e. The molecule has 0 aromatic carbocycles. The van der Waals surface area contributed by atoms with E-state index in [1.165, 1.54) is 51.5 Å². The van der Waals surface area contributed by atoms with Crippen molar-refractivity contribution in [1.82, 2.24) is 10.2 Å². The molecular formula is C14H30N2. The maximum atomic E-state index is 3.61. The Labute approximate surface area is 102 Å². The minimum Gasteiger partial charge on any atom is -0.313 e. The molecule has 0 amide bonds. The summed E-state index contributed by atoms with van der Waals surface area (Å²) in [4.78, 5) is 2.25. The van der Waals surface area contributed by atoms with Crippen molar-refractivity contribution >= 4 is 0 Å². The van der Waals surface area contributed by atoms with Crippen molar-refractivity contribution in [3.63, 3.8) is 0 Å². The molecule has 0 bridgehead atoms. The molecule has 0 radical (unpaired) electrons. The van der Waals surface area contributed by atoms with Crippen LogP contribution in [0.5, 0.6) is 0 Å². The van der Waals surface area contributed by atoms with Gasteiger partial charge in [-0.1, -0.05) is 32.1 Å². The van der Waals surface area contributed by atoms with Crippen LogP contribution in [0.1, 0.15) is 51.9 Å². The fourth-order valence-electron chi connectivity index (χ4n) is 2.83. The van der Waals surface area contributed by atoms with Gasteiger partial charge in [0.25, 0.3) is 0 Å². The Hall–Kier alpha value is -0.0800. The van der Waals surface area contributed by atoms with E-state index in [2.05, 4.69) is 31.2 Å². The topological polar surface area (TPSA) is 15.3 Å². The van der Waals surface area contributed by atoms with Crippen molar-refractivity contribution in [2.75, 3.05) is 27.2 Å². The molecule has 0 saturated heterocycles. The van der Waals surface area contributed by atoms with Crippen LogP contribution in [0, 0.1) is 5.92 Å². The van der Waals surface area contributed by atoms with E-state index < -0.39 is 0 Å². The first kappa shape index (κ1) is 14.0. The molecule has 1 aliphatic carbocycles. The van der Waals surface area contributed by atoms with Gasteiger partial charge in [-0.2, -0.15) is 0 Å². The normalized spacial score (nSPS) is 20.2. The quantitative estimate of drug-likeness (QED) is 0.672. The van der Waals surface area contributed by atoms with Crippen molar-refractivity contribution in [1.29, 1.82) is 0 Å². The third kappa shape index (κ3) is 6.49. The Bertz CT molecular complexity index is 162. The van der Waals surface area contributed by atoms with E-state index in [0.29, 0.717) is 6.04 Å². The zero-order valence-electron chi connectivity index (χ0n) is 11.5. The number of hydrogen-bond acceptors (Lipinski definition) is 2. The predicted molar refractivity (Wildman–Crippen MR) is 71.8 cm³/mol. The molecule has 1 N–H and O–H groups in total. The zero-order valence-corrected chi connectivity index (χ0v) is 11.5. The second-order valence-corrected chi connectivity index (χ2v) is 5.76. The maximum absolute atomic E-state index is 3.61. The van der Waals surface area contributed by atoms with Gasteiger partial charge in [0.15, 0.2) is 0 Å². The molecule has 1 aliphatic rings. The Morgan fingerprint density at radius 1 is 1.19 bits per heavy atom. The minimum absolute atomic E-state index is 0.626. The highest BCUT2D eigenvalue weighted by molar-refractivity contribution is 4.68. The third-order valence-electron chi connectivity index (χ3n) is 3.65. The molecule has 16 heavy (non-hydrogen) atoms. The summed E-state index contributed by atoms with van der Waals surface area (Å²) in [6.07, 6.45) is 10.2. The predicted octanol–water partition coefficient (Wildman–Crippen LogP) is 2.89. The largest absolute Gasteiger partial charge is 0.313 e. The summed E-state index contributed by atoms with van der Waals surface area (Å²) < 4.78 is 0. The highest BCUT2D eigenvalue weighted by Gasteiger charge is 2.12. The van der Waals surface area contributed by atoms with Crippen LogP contribution in [-0.4, -0.2) is 38.1 Å². The van der Waals surface area contributed by atoms with Crippen molar-refractivity contribution in [3.05, 3.63) is 0 Å². The van der Waals surface area contributed by atoms with E-state index in [1.807, 2.05) is 0 Å². The molecule has 1 unspecified atom stereocenters. The monoisotopic (exact) mass is 226 g/mol. The molecule has 0 aliphatic heterocycles. The maximum Gasteiger partial charge on any atom is 0.0166 e. The average molecular weight is 226 g/mol. The molecule has 0 heterocycles. The van der Waals surface area contributed by atoms with Crippen LogP contribution in [0.4, 0.5) is 0 Å². The van der Waals surface area contributed by atoms with Gasteiger partial charge in [-0.3, -0.25) is 0 Å². The van der Waals surface area contributed by atoms with Gasteiger partial charge in [0, 0.05) is 12.6 Å². The van der Waals surface area contributed by atoms with Gasteiger partial charge in [-0.15, -0.1) is 0 Å². The standard InChI is InChI=1S/C14H30N2/c1-13(12-16(2)3)15-11-7-10-14-8-5-4-6-9-14/h13-15H,4-12H2,1-3H3. The first-order valence-corrected chi connectivity index (χ1v) is 7.06. The van der Waals surface area contributed by atoms with Crippen molar-refractivity contribution in [3.8, 4) is 0 Å². The van der Waals surface area contributed by atoms with Crippen molar-refractivity contribution < 1.29 is 0 Å². The third-order valence-corrected chi connectivity index (χ3v) is 3.65. The first-order valence-electron chi connectivity index (χ1n) is 7.06. The summed E-state index contributed by atoms with van der Waals surface area (Å²) in [5, 5.41) is 3.61. The van der Waals surface area contributed by atoms with E-state index in [9.17, 15) is 0 Å². The van der Waals surface area contributed by atoms with Crippen LogP contribution in [0.25, 0.3) is 0 Å². The van der Waals surface area contributed by atoms with Crippen molar-refractivity contribution in [2.45, 2.75) is 57.9 Å². The summed E-state index contributed by atoms with van der Waals surface area (Å²) in [5.41, 5.74) is 0. The van der Waals surface area contributed by atoms with E-state index in [0.717, 1.165) is 12.5 Å². The molecule has 0 aromatic heterocycles. The fourth-order valence-corrected chi connectivity index (χ4v) is 2.83. The minimum atomic E-state index is 0.626. The Kier molecular flexibility index (Phi) is 7.06. The number of nitrogens with one attached hydrogen (secondary N) is 1. The number of rotatable bonds is 7. The SMILES string of the molecule is CC(CN(C)C)NCCCC1CCCCC1. The van der Waals surface area contributed by atoms with Gasteiger partial charge < -0.3 is 10.2 Å². The lowest BCUT2D eigenvalue weighted by Gasteiger charge is -2.22. The molecule has 0 spiro atoms. The van der Waals surface area contributed by atoms with Gasteiger partial charge in [0.05, 0.1) is 0 Å². The van der Waals surface area contributed by atoms with Crippen LogP contribution in [-0.2, 0) is 0 Å². The number of likely N-dealkylation sites (N-methyl/N-ethyl adjacent to an activating group) is 1. The Morgan fingerprint density at radius 2 is 1.88 bits per heavy atom. The lowest BCUT2D eigenvalue weighted by atomic mass is 9.86. The molecular weight excluding hydrogens is 196 g/mol. The lowest BCUT2D eigenvalue weighted by molar-refractivity contribution is 0.318. The fraction of sp³-hybridized carbons (Fsp3) is 1.00. The van der Waals surface area contributed by atoms with Crippen LogP contribution < -0.4 is 5.32 Å². The highest BCUT2D eigenvalue weighted by Crippen LogP contribution is 2.26. The molecule has 1 fully saturated rings. The Morgan fingerprint density at radius 3 is 2.50 bits per heavy atom. The molecule has 1 rings (SSSR count). The molecule has 2 nitrogen and oxygen atoms in total. The summed E-state index contributed by atoms with van der Waals surface area (Å²) >= 11 is 0. The Balaban J connectivity index is 1.94. The van der Waals surface area contributed by atoms with Crippen molar-refractivity contribution in [2.24, 2.45) is 5.92 Å². The van der Waals surface area contributed by atoms with E-state index >= 15 is 0 Å². The summed E-state index contributed by atoms with van der Waals surface area (Å²) in [7, 11) is 4.28. The number of hydrogen-bond donors (Lipinski definition) is 1. The summed E-state index contributed by atoms with van der Waals surface area (Å²) in [5.74, 6) is 1.04. The van der Waals surface area contributed by atoms with E-state index in [1.54, 1.807) is 0 Å². The average Bonchev–Trinajstić information content (AvgIpc) is 2.25. The molecule has 1 saturated carbocycles. The second-order valence-electron chi connectivity index (χ2n) is 5.76. The molecule has 2 heteroatoms. The van der Waals surface area contributed by atoms with Crippen LogP contribution >= 0.6 is 0 Å². The molecule has 1 atom stereocenters. The molecule has 96 valence electrons. The highest BCUT2D eigenvalue weighted by atomic mass is 15.1. The van der Waals surface area contributed by atoms with Gasteiger partial charge in [-0.25, -0.2) is 0 Å². The van der Waals surface area contributed by atoms with Crippen LogP contribution in [0.15, 0.2) is 0 Å². The van der Waals surface area contributed by atoms with Gasteiger partial charge >= 0.3 is 0 Å². The first-order chi connectivity index (χ1) is 7.68. The second kappa shape index (κ2) is 8.08.